The number of tetrazole rings is 1. The second-order valence-corrected chi connectivity index (χ2v) is 4.96. The van der Waals surface area contributed by atoms with E-state index in [0.29, 0.717) is 12.4 Å². The summed E-state index contributed by atoms with van der Waals surface area (Å²) in [6.45, 7) is 2.95. The molecule has 1 atom stereocenters. The molecule has 98 valence electrons. The number of carbonyl (C=O) groups excluding carboxylic acids is 2. The van der Waals surface area contributed by atoms with Crippen LogP contribution in [0.15, 0.2) is 0 Å². The van der Waals surface area contributed by atoms with Crippen molar-refractivity contribution in [3.63, 3.8) is 0 Å². The monoisotopic (exact) mass is 270 g/mol. The van der Waals surface area contributed by atoms with E-state index in [4.69, 9.17) is 0 Å². The smallest absolute Gasteiger partial charge is 0.281 e. The molecule has 2 amide bonds. The van der Waals surface area contributed by atoms with E-state index in [1.54, 1.807) is 11.8 Å². The fourth-order valence-electron chi connectivity index (χ4n) is 1.60. The van der Waals surface area contributed by atoms with Gasteiger partial charge in [-0.1, -0.05) is 17.0 Å². The Labute approximate surface area is 108 Å². The fraction of sp³-hybridized carbons (Fsp3) is 0.667. The van der Waals surface area contributed by atoms with E-state index in [1.165, 1.54) is 11.8 Å². The first kappa shape index (κ1) is 12.8. The molecule has 1 fully saturated rings. The number of H-pyrrole nitrogens is 1. The van der Waals surface area contributed by atoms with Crippen LogP contribution in [0.5, 0.6) is 0 Å². The molecule has 0 saturated carbocycles. The average molecular weight is 270 g/mol. The van der Waals surface area contributed by atoms with E-state index in [1.807, 2.05) is 0 Å². The van der Waals surface area contributed by atoms with Gasteiger partial charge in [-0.15, -0.1) is 10.2 Å². The molecule has 0 radical (unpaired) electrons. The van der Waals surface area contributed by atoms with Gasteiger partial charge in [-0.3, -0.25) is 9.59 Å². The van der Waals surface area contributed by atoms with Crippen molar-refractivity contribution in [2.45, 2.75) is 19.4 Å². The lowest BCUT2D eigenvalue weighted by Crippen LogP contribution is -2.32. The van der Waals surface area contributed by atoms with E-state index in [9.17, 15) is 9.59 Å². The summed E-state index contributed by atoms with van der Waals surface area (Å²) in [6.07, 6.45) is 0.286. The van der Waals surface area contributed by atoms with Crippen molar-refractivity contribution in [2.75, 3.05) is 18.8 Å². The van der Waals surface area contributed by atoms with Crippen LogP contribution >= 0.6 is 11.8 Å². The minimum Gasteiger partial charge on any atom is -0.346 e. The number of thioether (sulfide) groups is 1. The zero-order valence-electron chi connectivity index (χ0n) is 9.92. The summed E-state index contributed by atoms with van der Waals surface area (Å²) in [5, 5.41) is 16.1. The molecule has 18 heavy (non-hydrogen) atoms. The van der Waals surface area contributed by atoms with Gasteiger partial charge in [-0.05, 0) is 6.92 Å². The van der Waals surface area contributed by atoms with Crippen molar-refractivity contribution in [3.8, 4) is 0 Å². The van der Waals surface area contributed by atoms with Crippen LogP contribution in [0.3, 0.4) is 0 Å². The number of nitrogens with zero attached hydrogens (tertiary/aromatic N) is 4. The second kappa shape index (κ2) is 5.80. The molecule has 0 aliphatic carbocycles. The van der Waals surface area contributed by atoms with Crippen LogP contribution in [0.4, 0.5) is 4.79 Å². The first-order chi connectivity index (χ1) is 8.66. The highest BCUT2D eigenvalue weighted by Crippen LogP contribution is 2.17. The molecule has 1 aliphatic rings. The summed E-state index contributed by atoms with van der Waals surface area (Å²) >= 11 is 1.29. The number of hydrogen-bond acceptors (Lipinski definition) is 6. The quantitative estimate of drug-likeness (QED) is 0.776. The van der Waals surface area contributed by atoms with Gasteiger partial charge in [0.25, 0.3) is 5.24 Å². The highest BCUT2D eigenvalue weighted by Gasteiger charge is 2.22. The van der Waals surface area contributed by atoms with E-state index in [0.717, 1.165) is 12.3 Å². The lowest BCUT2D eigenvalue weighted by atomic mass is 10.3. The largest absolute Gasteiger partial charge is 0.346 e. The number of aromatic nitrogens is 4. The second-order valence-electron chi connectivity index (χ2n) is 3.91. The maximum atomic E-state index is 11.7. The van der Waals surface area contributed by atoms with Gasteiger partial charge in [0, 0.05) is 25.3 Å². The summed E-state index contributed by atoms with van der Waals surface area (Å²) in [5.74, 6) is 1.12. The third-order valence-corrected chi connectivity index (χ3v) is 3.47. The van der Waals surface area contributed by atoms with Crippen LogP contribution in [0, 0.1) is 0 Å². The average Bonchev–Trinajstić information content (AvgIpc) is 2.97. The first-order valence-corrected chi connectivity index (χ1v) is 6.60. The van der Waals surface area contributed by atoms with Crippen LogP contribution in [-0.2, 0) is 4.79 Å². The highest BCUT2D eigenvalue weighted by molar-refractivity contribution is 8.13. The lowest BCUT2D eigenvalue weighted by Gasteiger charge is -2.15. The van der Waals surface area contributed by atoms with E-state index < -0.39 is 0 Å². The topological polar surface area (TPSA) is 104 Å². The Kier molecular flexibility index (Phi) is 4.13. The molecule has 2 heterocycles. The predicted molar refractivity (Wildman–Crippen MR) is 64.8 cm³/mol. The Balaban J connectivity index is 1.73. The maximum absolute atomic E-state index is 11.7. The van der Waals surface area contributed by atoms with Crippen molar-refractivity contribution in [1.29, 1.82) is 0 Å². The van der Waals surface area contributed by atoms with Gasteiger partial charge in [0.2, 0.25) is 5.91 Å². The van der Waals surface area contributed by atoms with E-state index >= 15 is 0 Å². The molecule has 8 nitrogen and oxygen atoms in total. The zero-order valence-corrected chi connectivity index (χ0v) is 10.7. The normalized spacial score (nSPS) is 16.9. The number of aromatic amines is 1. The van der Waals surface area contributed by atoms with Gasteiger partial charge in [0.15, 0.2) is 5.82 Å². The van der Waals surface area contributed by atoms with Crippen LogP contribution in [-0.4, -0.2) is 55.5 Å². The van der Waals surface area contributed by atoms with E-state index in [2.05, 4.69) is 25.9 Å². The lowest BCUT2D eigenvalue weighted by molar-refractivity contribution is -0.121. The highest BCUT2D eigenvalue weighted by atomic mass is 32.2. The molecule has 2 N–H and O–H groups in total. The standard InChI is InChI=1S/C9H14N6O2S/c1-6(8-11-13-14-12-8)10-7(16)2-3-15-4-5-18-9(15)17/h6H,2-5H2,1H3,(H,10,16)(H,11,12,13,14). The van der Waals surface area contributed by atoms with Gasteiger partial charge in [0.1, 0.15) is 0 Å². The molecular weight excluding hydrogens is 256 g/mol. The van der Waals surface area contributed by atoms with Gasteiger partial charge >= 0.3 is 0 Å². The van der Waals surface area contributed by atoms with Crippen molar-refractivity contribution in [2.24, 2.45) is 0 Å². The van der Waals surface area contributed by atoms with Crippen LogP contribution in [0.25, 0.3) is 0 Å². The molecule has 9 heteroatoms. The van der Waals surface area contributed by atoms with E-state index in [-0.39, 0.29) is 23.6 Å². The number of rotatable bonds is 5. The third kappa shape index (κ3) is 3.19. The van der Waals surface area contributed by atoms with Crippen molar-refractivity contribution in [1.82, 2.24) is 30.8 Å². The van der Waals surface area contributed by atoms with Crippen LogP contribution in [0.2, 0.25) is 0 Å². The summed E-state index contributed by atoms with van der Waals surface area (Å²) in [5.41, 5.74) is 0. The van der Waals surface area contributed by atoms with Crippen LogP contribution in [0.1, 0.15) is 25.2 Å². The minimum absolute atomic E-state index is 0.0500. The maximum Gasteiger partial charge on any atom is 0.281 e. The first-order valence-electron chi connectivity index (χ1n) is 5.61. The molecule has 2 rings (SSSR count). The van der Waals surface area contributed by atoms with Crippen molar-refractivity contribution < 1.29 is 9.59 Å². The molecule has 1 aliphatic heterocycles. The molecule has 0 spiro atoms. The number of nitrogens with one attached hydrogen (secondary N) is 2. The molecule has 0 aromatic carbocycles. The van der Waals surface area contributed by atoms with Gasteiger partial charge in [-0.2, -0.15) is 5.21 Å². The Morgan fingerprint density at radius 3 is 3.11 bits per heavy atom. The number of hydrogen-bond donors (Lipinski definition) is 2. The Hall–Kier alpha value is -1.64. The van der Waals surface area contributed by atoms with Crippen molar-refractivity contribution in [3.05, 3.63) is 5.82 Å². The SMILES string of the molecule is CC(NC(=O)CCN1CCSC1=O)c1nn[nH]n1. The molecule has 0 bridgehead atoms. The Bertz CT molecular complexity index is 423. The molecular formula is C9H14N6O2S. The number of amides is 2. The molecule has 1 saturated heterocycles. The van der Waals surface area contributed by atoms with Crippen molar-refractivity contribution >= 4 is 22.9 Å². The summed E-state index contributed by atoms with van der Waals surface area (Å²) in [6, 6.07) is -0.292. The van der Waals surface area contributed by atoms with Crippen LogP contribution < -0.4 is 5.32 Å². The molecule has 1 aromatic heterocycles. The summed E-state index contributed by atoms with van der Waals surface area (Å²) < 4.78 is 0. The summed E-state index contributed by atoms with van der Waals surface area (Å²) in [4.78, 5) is 24.7. The minimum atomic E-state index is -0.292. The predicted octanol–water partition coefficient (Wildman–Crippen LogP) is -0.0642. The van der Waals surface area contributed by atoms with Gasteiger partial charge < -0.3 is 10.2 Å². The zero-order chi connectivity index (χ0) is 13.0. The van der Waals surface area contributed by atoms with Gasteiger partial charge in [0.05, 0.1) is 6.04 Å². The third-order valence-electron chi connectivity index (χ3n) is 2.58. The fourth-order valence-corrected chi connectivity index (χ4v) is 2.45. The molecule has 1 unspecified atom stereocenters. The molecule has 1 aromatic rings. The Morgan fingerprint density at radius 1 is 1.67 bits per heavy atom. The summed E-state index contributed by atoms with van der Waals surface area (Å²) in [7, 11) is 0. The number of carbonyl (C=O) groups is 2. The van der Waals surface area contributed by atoms with Gasteiger partial charge in [-0.25, -0.2) is 0 Å². The Morgan fingerprint density at radius 2 is 2.50 bits per heavy atom.